The Morgan fingerprint density at radius 2 is 2.16 bits per heavy atom. The molecule has 1 aromatic carbocycles. The van der Waals surface area contributed by atoms with Gasteiger partial charge in [-0.05, 0) is 37.4 Å². The summed E-state index contributed by atoms with van der Waals surface area (Å²) in [6.07, 6.45) is 5.61. The number of piperidine rings is 1. The van der Waals surface area contributed by atoms with Crippen molar-refractivity contribution in [3.63, 3.8) is 0 Å². The highest BCUT2D eigenvalue weighted by Crippen LogP contribution is 2.29. The second-order valence-electron chi connectivity index (χ2n) is 5.07. The maximum atomic E-state index is 11.8. The van der Waals surface area contributed by atoms with Crippen molar-refractivity contribution in [3.8, 4) is 5.75 Å². The third-order valence-corrected chi connectivity index (χ3v) is 4.66. The lowest BCUT2D eigenvalue weighted by Crippen LogP contribution is -2.35. The molecule has 1 saturated heterocycles. The van der Waals surface area contributed by atoms with Crippen molar-refractivity contribution >= 4 is 9.84 Å². The van der Waals surface area contributed by atoms with Crippen molar-refractivity contribution in [1.29, 1.82) is 0 Å². The lowest BCUT2D eigenvalue weighted by molar-refractivity contribution is 0.375. The molecule has 4 nitrogen and oxygen atoms in total. The number of ether oxygens (including phenoxy) is 1. The number of benzene rings is 1. The fourth-order valence-electron chi connectivity index (χ4n) is 2.61. The minimum atomic E-state index is -3.25. The zero-order valence-corrected chi connectivity index (χ0v) is 12.3. The highest BCUT2D eigenvalue weighted by molar-refractivity contribution is 7.90. The van der Waals surface area contributed by atoms with Crippen LogP contribution in [0.25, 0.3) is 0 Å². The van der Waals surface area contributed by atoms with Gasteiger partial charge in [-0.1, -0.05) is 18.6 Å². The van der Waals surface area contributed by atoms with Gasteiger partial charge in [0.1, 0.15) is 10.6 Å². The molecule has 0 saturated carbocycles. The zero-order chi connectivity index (χ0) is 13.9. The Morgan fingerprint density at radius 3 is 2.74 bits per heavy atom. The van der Waals surface area contributed by atoms with E-state index in [9.17, 15) is 8.42 Å². The molecule has 19 heavy (non-hydrogen) atoms. The molecule has 0 amide bonds. The first-order valence-electron chi connectivity index (χ1n) is 6.61. The Bertz CT molecular complexity index is 534. The molecule has 1 heterocycles. The molecule has 0 spiro atoms. The van der Waals surface area contributed by atoms with E-state index in [1.165, 1.54) is 26.2 Å². The van der Waals surface area contributed by atoms with E-state index in [0.29, 0.717) is 11.8 Å². The van der Waals surface area contributed by atoms with E-state index in [1.54, 1.807) is 12.1 Å². The number of hydrogen-bond acceptors (Lipinski definition) is 4. The Labute approximate surface area is 115 Å². The first-order valence-corrected chi connectivity index (χ1v) is 8.51. The minimum Gasteiger partial charge on any atom is -0.495 e. The topological polar surface area (TPSA) is 55.4 Å². The van der Waals surface area contributed by atoms with E-state index in [0.717, 1.165) is 24.9 Å². The second-order valence-corrected chi connectivity index (χ2v) is 7.06. The summed E-state index contributed by atoms with van der Waals surface area (Å²) in [5.74, 6) is 0.498. The first-order chi connectivity index (χ1) is 9.02. The monoisotopic (exact) mass is 283 g/mol. The molecule has 0 aromatic heterocycles. The summed E-state index contributed by atoms with van der Waals surface area (Å²) in [4.78, 5) is 0.281. The number of rotatable bonds is 4. The van der Waals surface area contributed by atoms with Crippen molar-refractivity contribution in [2.45, 2.75) is 36.6 Å². The van der Waals surface area contributed by atoms with Crippen LogP contribution in [0, 0.1) is 0 Å². The fraction of sp³-hybridized carbons (Fsp3) is 0.571. The molecule has 5 heteroatoms. The average Bonchev–Trinajstić information content (AvgIpc) is 2.38. The van der Waals surface area contributed by atoms with Crippen LogP contribution in [-0.2, 0) is 16.3 Å². The van der Waals surface area contributed by atoms with Gasteiger partial charge in [0.2, 0.25) is 0 Å². The van der Waals surface area contributed by atoms with Gasteiger partial charge >= 0.3 is 0 Å². The molecule has 0 bridgehead atoms. The molecule has 2 rings (SSSR count). The lowest BCUT2D eigenvalue weighted by atomic mass is 9.97. The summed E-state index contributed by atoms with van der Waals surface area (Å²) in [6.45, 7) is 1.04. The van der Waals surface area contributed by atoms with Gasteiger partial charge in [0, 0.05) is 12.3 Å². The van der Waals surface area contributed by atoms with Crippen molar-refractivity contribution in [1.82, 2.24) is 5.32 Å². The van der Waals surface area contributed by atoms with Crippen molar-refractivity contribution in [2.75, 3.05) is 19.9 Å². The molecular weight excluding hydrogens is 262 g/mol. The van der Waals surface area contributed by atoms with Gasteiger partial charge in [-0.2, -0.15) is 0 Å². The Hall–Kier alpha value is -1.07. The molecule has 0 aliphatic carbocycles. The number of methoxy groups -OCH3 is 1. The van der Waals surface area contributed by atoms with Crippen molar-refractivity contribution in [2.24, 2.45) is 0 Å². The molecule has 106 valence electrons. The lowest BCUT2D eigenvalue weighted by Gasteiger charge is -2.24. The number of hydrogen-bond donors (Lipinski definition) is 1. The standard InChI is InChI=1S/C14H21NO3S/c1-18-14-11(10-12-7-3-4-9-15-12)6-5-8-13(14)19(2,16)17/h5-6,8,12,15H,3-4,7,9-10H2,1-2H3. The van der Waals surface area contributed by atoms with E-state index >= 15 is 0 Å². The van der Waals surface area contributed by atoms with Crippen molar-refractivity contribution in [3.05, 3.63) is 23.8 Å². The minimum absolute atomic E-state index is 0.281. The van der Waals surface area contributed by atoms with Crippen LogP contribution >= 0.6 is 0 Å². The molecular formula is C14H21NO3S. The largest absolute Gasteiger partial charge is 0.495 e. The summed E-state index contributed by atoms with van der Waals surface area (Å²) in [5.41, 5.74) is 0.963. The van der Waals surface area contributed by atoms with Crippen LogP contribution in [0.15, 0.2) is 23.1 Å². The predicted molar refractivity (Wildman–Crippen MR) is 75.4 cm³/mol. The molecule has 1 aliphatic heterocycles. The molecule has 1 atom stereocenters. The zero-order valence-electron chi connectivity index (χ0n) is 11.5. The van der Waals surface area contributed by atoms with Gasteiger partial charge in [-0.15, -0.1) is 0 Å². The SMILES string of the molecule is COc1c(CC2CCCCN2)cccc1S(C)(=O)=O. The van der Waals surface area contributed by atoms with Crippen LogP contribution in [0.3, 0.4) is 0 Å². The molecule has 0 radical (unpaired) electrons. The summed E-state index contributed by atoms with van der Waals surface area (Å²) in [7, 11) is -1.72. The van der Waals surface area contributed by atoms with E-state index in [2.05, 4.69) is 5.32 Å². The van der Waals surface area contributed by atoms with Crippen LogP contribution in [0.2, 0.25) is 0 Å². The average molecular weight is 283 g/mol. The molecule has 1 aromatic rings. The normalized spacial score (nSPS) is 20.2. The van der Waals surface area contributed by atoms with Gasteiger partial charge in [0.05, 0.1) is 7.11 Å². The summed E-state index contributed by atoms with van der Waals surface area (Å²) in [5, 5.41) is 3.47. The molecule has 1 N–H and O–H groups in total. The van der Waals surface area contributed by atoms with E-state index < -0.39 is 9.84 Å². The summed E-state index contributed by atoms with van der Waals surface area (Å²) >= 11 is 0. The van der Waals surface area contributed by atoms with Gasteiger partial charge in [0.25, 0.3) is 0 Å². The molecule has 1 unspecified atom stereocenters. The summed E-state index contributed by atoms with van der Waals surface area (Å²) < 4.78 is 28.9. The number of nitrogens with one attached hydrogen (secondary N) is 1. The Morgan fingerprint density at radius 1 is 1.37 bits per heavy atom. The fourth-order valence-corrected chi connectivity index (χ4v) is 3.49. The third kappa shape index (κ3) is 3.48. The third-order valence-electron chi connectivity index (χ3n) is 3.54. The van der Waals surface area contributed by atoms with Crippen LogP contribution in [0.4, 0.5) is 0 Å². The highest BCUT2D eigenvalue weighted by Gasteiger charge is 2.20. The highest BCUT2D eigenvalue weighted by atomic mass is 32.2. The van der Waals surface area contributed by atoms with E-state index in [-0.39, 0.29) is 4.90 Å². The maximum Gasteiger partial charge on any atom is 0.179 e. The second kappa shape index (κ2) is 5.92. The quantitative estimate of drug-likeness (QED) is 0.915. The van der Waals surface area contributed by atoms with Crippen LogP contribution in [0.5, 0.6) is 5.75 Å². The van der Waals surface area contributed by atoms with Crippen LogP contribution in [-0.4, -0.2) is 34.4 Å². The smallest absolute Gasteiger partial charge is 0.179 e. The number of sulfone groups is 1. The first kappa shape index (κ1) is 14.3. The predicted octanol–water partition coefficient (Wildman–Crippen LogP) is 1.78. The number of para-hydroxylation sites is 1. The van der Waals surface area contributed by atoms with Gasteiger partial charge < -0.3 is 10.1 Å². The van der Waals surface area contributed by atoms with Gasteiger partial charge in [0.15, 0.2) is 9.84 Å². The maximum absolute atomic E-state index is 11.8. The van der Waals surface area contributed by atoms with Gasteiger partial charge in [-0.3, -0.25) is 0 Å². The van der Waals surface area contributed by atoms with Crippen LogP contribution < -0.4 is 10.1 Å². The van der Waals surface area contributed by atoms with E-state index in [1.807, 2.05) is 6.07 Å². The van der Waals surface area contributed by atoms with E-state index in [4.69, 9.17) is 4.74 Å². The molecule has 1 fully saturated rings. The van der Waals surface area contributed by atoms with Crippen LogP contribution in [0.1, 0.15) is 24.8 Å². The Balaban J connectivity index is 2.29. The van der Waals surface area contributed by atoms with Crippen molar-refractivity contribution < 1.29 is 13.2 Å². The molecule has 1 aliphatic rings. The van der Waals surface area contributed by atoms with Gasteiger partial charge in [-0.25, -0.2) is 8.42 Å². The summed E-state index contributed by atoms with van der Waals surface area (Å²) in [6, 6.07) is 5.75. The Kier molecular flexibility index (Phi) is 4.47.